The molecule has 2 atom stereocenters. The molecule has 0 bridgehead atoms. The molecule has 2 rings (SSSR count). The molecule has 0 aromatic carbocycles. The predicted octanol–water partition coefficient (Wildman–Crippen LogP) is -0.635. The summed E-state index contributed by atoms with van der Waals surface area (Å²) in [6.07, 6.45) is -3.14. The van der Waals surface area contributed by atoms with Gasteiger partial charge in [-0.1, -0.05) is 5.92 Å². The first-order valence-electron chi connectivity index (χ1n) is 9.33. The number of nitrogen functional groups attached to an aromatic ring is 1. The number of amides is 1. The van der Waals surface area contributed by atoms with Gasteiger partial charge in [0.05, 0.1) is 32.5 Å². The average Bonchev–Trinajstić information content (AvgIpc) is 3.12. The summed E-state index contributed by atoms with van der Waals surface area (Å²) in [7, 11) is 0. The van der Waals surface area contributed by atoms with Gasteiger partial charge in [-0.15, -0.1) is 0 Å². The molecule has 172 valence electrons. The van der Waals surface area contributed by atoms with Crippen LogP contribution in [0.25, 0.3) is 0 Å². The van der Waals surface area contributed by atoms with E-state index in [4.69, 9.17) is 19.9 Å². The molecule has 0 saturated carbocycles. The predicted molar refractivity (Wildman–Crippen MR) is 101 cm³/mol. The number of nitrogens with zero attached hydrogens (tertiary/aromatic N) is 2. The molecule has 1 aliphatic heterocycles. The SMILES string of the molecule is Nc1ccn([C@@]2(C#CCOCCOCCNC(=O)C(F)(F)F)CC[C@@H](CO)O2)c(=O)n1. The highest BCUT2D eigenvalue weighted by atomic mass is 19.4. The van der Waals surface area contributed by atoms with E-state index in [1.807, 2.05) is 0 Å². The minimum atomic E-state index is -4.92. The lowest BCUT2D eigenvalue weighted by molar-refractivity contribution is -0.173. The molecule has 1 amide bonds. The second-order valence-electron chi connectivity index (χ2n) is 6.47. The standard InChI is InChI=1S/C18H23F3N4O6/c19-18(20,21)15(27)23-6-9-30-11-10-29-8-1-4-17(5-2-13(12-26)31-17)25-7-3-14(22)24-16(25)28/h3,7,13,26H,2,5-6,8-12H2,(H,23,27)(H2,22,24,28)/t13-,17+/m0/s1. The smallest absolute Gasteiger partial charge is 0.394 e. The highest BCUT2D eigenvalue weighted by molar-refractivity contribution is 5.81. The van der Waals surface area contributed by atoms with Crippen LogP contribution in [0.2, 0.25) is 0 Å². The van der Waals surface area contributed by atoms with E-state index in [2.05, 4.69) is 16.8 Å². The molecule has 1 aliphatic rings. The summed E-state index contributed by atoms with van der Waals surface area (Å²) >= 11 is 0. The zero-order valence-corrected chi connectivity index (χ0v) is 16.5. The molecule has 4 N–H and O–H groups in total. The Morgan fingerprint density at radius 2 is 2.16 bits per heavy atom. The zero-order chi connectivity index (χ0) is 22.9. The van der Waals surface area contributed by atoms with Crippen LogP contribution in [0.3, 0.4) is 0 Å². The molecule has 10 nitrogen and oxygen atoms in total. The Hall–Kier alpha value is -2.66. The van der Waals surface area contributed by atoms with Crippen LogP contribution in [-0.4, -0.2) is 72.4 Å². The van der Waals surface area contributed by atoms with E-state index in [9.17, 15) is 27.9 Å². The summed E-state index contributed by atoms with van der Waals surface area (Å²) in [5.41, 5.74) is 3.57. The summed E-state index contributed by atoms with van der Waals surface area (Å²) in [4.78, 5) is 26.5. The van der Waals surface area contributed by atoms with Gasteiger partial charge in [-0.3, -0.25) is 9.36 Å². The van der Waals surface area contributed by atoms with E-state index in [1.165, 1.54) is 16.8 Å². The molecular weight excluding hydrogens is 425 g/mol. The van der Waals surface area contributed by atoms with E-state index in [0.29, 0.717) is 12.8 Å². The van der Waals surface area contributed by atoms with Crippen LogP contribution in [0.1, 0.15) is 12.8 Å². The minimum Gasteiger partial charge on any atom is -0.394 e. The van der Waals surface area contributed by atoms with Crippen LogP contribution in [0.15, 0.2) is 17.1 Å². The number of hydrogen-bond donors (Lipinski definition) is 3. The Kier molecular flexibility index (Phi) is 8.81. The number of aliphatic hydroxyl groups excluding tert-OH is 1. The van der Waals surface area contributed by atoms with Crippen molar-refractivity contribution >= 4 is 11.7 Å². The average molecular weight is 448 g/mol. The van der Waals surface area contributed by atoms with Crippen LogP contribution >= 0.6 is 0 Å². The zero-order valence-electron chi connectivity index (χ0n) is 16.5. The quantitative estimate of drug-likeness (QED) is 0.335. The summed E-state index contributed by atoms with van der Waals surface area (Å²) in [5.74, 6) is 3.64. The topological polar surface area (TPSA) is 138 Å². The summed E-state index contributed by atoms with van der Waals surface area (Å²) < 4.78 is 53.3. The van der Waals surface area contributed by atoms with Gasteiger partial charge in [-0.25, -0.2) is 4.79 Å². The van der Waals surface area contributed by atoms with Gasteiger partial charge in [0.1, 0.15) is 12.4 Å². The third-order valence-corrected chi connectivity index (χ3v) is 4.20. The number of alkyl halides is 3. The van der Waals surface area contributed by atoms with Crippen molar-refractivity contribution in [1.82, 2.24) is 14.9 Å². The van der Waals surface area contributed by atoms with Gasteiger partial charge >= 0.3 is 17.8 Å². The molecule has 0 aliphatic carbocycles. The Bertz CT molecular complexity index is 866. The Labute approximate surface area is 175 Å². The van der Waals surface area contributed by atoms with Gasteiger partial charge in [-0.2, -0.15) is 18.2 Å². The molecule has 0 radical (unpaired) electrons. The lowest BCUT2D eigenvalue weighted by Crippen LogP contribution is -2.41. The van der Waals surface area contributed by atoms with E-state index < -0.39 is 29.6 Å². The fraction of sp³-hybridized carbons (Fsp3) is 0.611. The van der Waals surface area contributed by atoms with E-state index in [0.717, 1.165) is 0 Å². The first-order chi connectivity index (χ1) is 14.7. The van der Waals surface area contributed by atoms with Crippen LogP contribution < -0.4 is 16.7 Å². The summed E-state index contributed by atoms with van der Waals surface area (Å²) in [6.45, 7) is -0.451. The monoisotopic (exact) mass is 448 g/mol. The molecule has 1 aromatic rings. The molecule has 0 spiro atoms. The second-order valence-corrected chi connectivity index (χ2v) is 6.47. The molecule has 0 unspecified atom stereocenters. The molecule has 2 heterocycles. The number of carbonyl (C=O) groups excluding carboxylic acids is 1. The highest BCUT2D eigenvalue weighted by Gasteiger charge is 2.41. The Balaban J connectivity index is 1.79. The van der Waals surface area contributed by atoms with Crippen LogP contribution in [0, 0.1) is 11.8 Å². The molecule has 13 heteroatoms. The number of anilines is 1. The summed E-state index contributed by atoms with van der Waals surface area (Å²) in [5, 5.41) is 11.0. The third kappa shape index (κ3) is 7.21. The Morgan fingerprint density at radius 3 is 2.81 bits per heavy atom. The summed E-state index contributed by atoms with van der Waals surface area (Å²) in [6, 6.07) is 1.44. The minimum absolute atomic E-state index is 0.0276. The van der Waals surface area contributed by atoms with Crippen LogP contribution in [0.5, 0.6) is 0 Å². The number of hydrogen-bond acceptors (Lipinski definition) is 8. The van der Waals surface area contributed by atoms with Crippen molar-refractivity contribution in [2.75, 3.05) is 45.3 Å². The first-order valence-corrected chi connectivity index (χ1v) is 9.33. The van der Waals surface area contributed by atoms with Crippen molar-refractivity contribution in [3.05, 3.63) is 22.7 Å². The van der Waals surface area contributed by atoms with Gasteiger partial charge in [0.2, 0.25) is 5.72 Å². The first kappa shape index (κ1) is 24.6. The van der Waals surface area contributed by atoms with Crippen LogP contribution in [0.4, 0.5) is 19.0 Å². The Morgan fingerprint density at radius 1 is 1.42 bits per heavy atom. The fourth-order valence-corrected chi connectivity index (χ4v) is 2.75. The van der Waals surface area contributed by atoms with Gasteiger partial charge < -0.3 is 30.4 Å². The number of carbonyl (C=O) groups is 1. The molecular formula is C18H23F3N4O6. The number of nitrogens with one attached hydrogen (secondary N) is 1. The van der Waals surface area contributed by atoms with Crippen molar-refractivity contribution in [2.45, 2.75) is 30.8 Å². The maximum absolute atomic E-state index is 12.2. The fourth-order valence-electron chi connectivity index (χ4n) is 2.75. The van der Waals surface area contributed by atoms with Crippen LogP contribution in [-0.2, 0) is 24.7 Å². The van der Waals surface area contributed by atoms with Gasteiger partial charge in [-0.05, 0) is 18.4 Å². The third-order valence-electron chi connectivity index (χ3n) is 4.20. The normalized spacial score (nSPS) is 20.8. The highest BCUT2D eigenvalue weighted by Crippen LogP contribution is 2.33. The number of rotatable bonds is 9. The molecule has 1 aromatic heterocycles. The van der Waals surface area contributed by atoms with Crippen molar-refractivity contribution in [2.24, 2.45) is 0 Å². The maximum Gasteiger partial charge on any atom is 0.471 e. The van der Waals surface area contributed by atoms with Crippen molar-refractivity contribution < 1.29 is 37.3 Å². The number of aromatic nitrogens is 2. The van der Waals surface area contributed by atoms with Gasteiger partial charge in [0, 0.05) is 19.2 Å². The van der Waals surface area contributed by atoms with Gasteiger partial charge in [0.25, 0.3) is 0 Å². The molecule has 1 saturated heterocycles. The van der Waals surface area contributed by atoms with E-state index in [-0.39, 0.29) is 45.4 Å². The molecule has 1 fully saturated rings. The lowest BCUT2D eigenvalue weighted by Gasteiger charge is -2.25. The van der Waals surface area contributed by atoms with Crippen molar-refractivity contribution in [1.29, 1.82) is 0 Å². The molecule has 31 heavy (non-hydrogen) atoms. The van der Waals surface area contributed by atoms with E-state index in [1.54, 1.807) is 5.32 Å². The van der Waals surface area contributed by atoms with E-state index >= 15 is 0 Å². The van der Waals surface area contributed by atoms with Gasteiger partial charge in [0.15, 0.2) is 0 Å². The maximum atomic E-state index is 12.2. The lowest BCUT2D eigenvalue weighted by atomic mass is 10.1. The van der Waals surface area contributed by atoms with Crippen molar-refractivity contribution in [3.8, 4) is 11.8 Å². The van der Waals surface area contributed by atoms with Crippen molar-refractivity contribution in [3.63, 3.8) is 0 Å². The number of nitrogens with two attached hydrogens (primary N) is 1. The second kappa shape index (κ2) is 11.1. The number of aliphatic hydroxyl groups is 1. The number of ether oxygens (including phenoxy) is 3. The largest absolute Gasteiger partial charge is 0.471 e. The number of halogens is 3.